The summed E-state index contributed by atoms with van der Waals surface area (Å²) in [4.78, 5) is 11.7. The molecular formula is C13H10ClFO. The Bertz CT molecular complexity index is 563. The molecule has 1 nitrogen and oxygen atoms in total. The van der Waals surface area contributed by atoms with Crippen molar-refractivity contribution in [2.75, 3.05) is 0 Å². The second-order valence-electron chi connectivity index (χ2n) is 3.56. The van der Waals surface area contributed by atoms with E-state index in [9.17, 15) is 9.18 Å². The van der Waals surface area contributed by atoms with Gasteiger partial charge in [-0.05, 0) is 35.7 Å². The SMILES string of the molecule is CCC(=O)c1ccc(Cl)c2ccc(F)cc12. The van der Waals surface area contributed by atoms with Gasteiger partial charge in [0.1, 0.15) is 5.82 Å². The van der Waals surface area contributed by atoms with E-state index in [1.54, 1.807) is 25.1 Å². The predicted octanol–water partition coefficient (Wildman–Crippen LogP) is 4.23. The Morgan fingerprint density at radius 3 is 2.69 bits per heavy atom. The highest BCUT2D eigenvalue weighted by atomic mass is 35.5. The fraction of sp³-hybridized carbons (Fsp3) is 0.154. The summed E-state index contributed by atoms with van der Waals surface area (Å²) >= 11 is 6.00. The predicted molar refractivity (Wildman–Crippen MR) is 63.5 cm³/mol. The highest BCUT2D eigenvalue weighted by molar-refractivity contribution is 6.36. The first-order valence-electron chi connectivity index (χ1n) is 5.04. The van der Waals surface area contributed by atoms with Gasteiger partial charge in [0.05, 0.1) is 0 Å². The lowest BCUT2D eigenvalue weighted by atomic mass is 10.00. The van der Waals surface area contributed by atoms with Crippen LogP contribution >= 0.6 is 11.6 Å². The summed E-state index contributed by atoms with van der Waals surface area (Å²) in [5.74, 6) is -0.368. The summed E-state index contributed by atoms with van der Waals surface area (Å²) in [5, 5.41) is 1.82. The maximum atomic E-state index is 13.2. The van der Waals surface area contributed by atoms with Crippen molar-refractivity contribution in [1.29, 1.82) is 0 Å². The zero-order valence-corrected chi connectivity index (χ0v) is 9.51. The first-order valence-corrected chi connectivity index (χ1v) is 5.42. The normalized spacial score (nSPS) is 10.7. The van der Waals surface area contributed by atoms with Crippen molar-refractivity contribution in [2.45, 2.75) is 13.3 Å². The Morgan fingerprint density at radius 2 is 2.00 bits per heavy atom. The van der Waals surface area contributed by atoms with Gasteiger partial charge >= 0.3 is 0 Å². The number of rotatable bonds is 2. The van der Waals surface area contributed by atoms with Crippen molar-refractivity contribution >= 4 is 28.2 Å². The highest BCUT2D eigenvalue weighted by Crippen LogP contribution is 2.28. The van der Waals surface area contributed by atoms with Crippen LogP contribution in [0, 0.1) is 5.82 Å². The van der Waals surface area contributed by atoms with Crippen LogP contribution in [0.3, 0.4) is 0 Å². The fourth-order valence-corrected chi connectivity index (χ4v) is 1.95. The molecule has 0 spiro atoms. The molecule has 0 aliphatic heterocycles. The first-order chi connectivity index (χ1) is 7.63. The van der Waals surface area contributed by atoms with Gasteiger partial charge < -0.3 is 0 Å². The molecule has 0 saturated heterocycles. The standard InChI is InChI=1S/C13H10ClFO/c1-2-13(16)10-5-6-12(14)9-4-3-8(15)7-11(9)10/h3-7H,2H2,1H3. The number of carbonyl (C=O) groups excluding carboxylic acids is 1. The van der Waals surface area contributed by atoms with Crippen LogP contribution in [0.2, 0.25) is 5.02 Å². The number of hydrogen-bond donors (Lipinski definition) is 0. The number of fused-ring (bicyclic) bond motifs is 1. The third-order valence-corrected chi connectivity index (χ3v) is 2.88. The molecule has 2 aromatic carbocycles. The largest absolute Gasteiger partial charge is 0.294 e. The van der Waals surface area contributed by atoms with Crippen LogP contribution in [0.1, 0.15) is 23.7 Å². The molecule has 0 aliphatic carbocycles. The van der Waals surface area contributed by atoms with Crippen LogP contribution in [-0.4, -0.2) is 5.78 Å². The van der Waals surface area contributed by atoms with Gasteiger partial charge in [-0.3, -0.25) is 4.79 Å². The van der Waals surface area contributed by atoms with Crippen LogP contribution in [0.15, 0.2) is 30.3 Å². The third kappa shape index (κ3) is 1.81. The second kappa shape index (κ2) is 4.22. The topological polar surface area (TPSA) is 17.1 Å². The van der Waals surface area contributed by atoms with Gasteiger partial charge in [-0.15, -0.1) is 0 Å². The number of benzene rings is 2. The highest BCUT2D eigenvalue weighted by Gasteiger charge is 2.10. The molecule has 0 unspecified atom stereocenters. The minimum atomic E-state index is -0.361. The van der Waals surface area contributed by atoms with Crippen molar-refractivity contribution in [1.82, 2.24) is 0 Å². The zero-order valence-electron chi connectivity index (χ0n) is 8.76. The van der Waals surface area contributed by atoms with Crippen LogP contribution in [0.4, 0.5) is 4.39 Å². The lowest BCUT2D eigenvalue weighted by Crippen LogP contribution is -1.98. The molecule has 2 aromatic rings. The van der Waals surface area contributed by atoms with Crippen molar-refractivity contribution in [3.8, 4) is 0 Å². The molecule has 0 radical (unpaired) electrons. The molecule has 16 heavy (non-hydrogen) atoms. The van der Waals surface area contributed by atoms with E-state index in [1.807, 2.05) is 0 Å². The lowest BCUT2D eigenvalue weighted by molar-refractivity contribution is 0.0990. The minimum Gasteiger partial charge on any atom is -0.294 e. The molecule has 0 bridgehead atoms. The van der Waals surface area contributed by atoms with Crippen molar-refractivity contribution in [3.63, 3.8) is 0 Å². The Balaban J connectivity index is 2.80. The molecule has 3 heteroatoms. The number of carbonyl (C=O) groups is 1. The molecule has 82 valence electrons. The third-order valence-electron chi connectivity index (χ3n) is 2.55. The molecule has 0 amide bonds. The van der Waals surface area contributed by atoms with Gasteiger partial charge in [-0.1, -0.05) is 18.5 Å². The smallest absolute Gasteiger partial charge is 0.163 e. The zero-order chi connectivity index (χ0) is 11.7. The molecule has 2 rings (SSSR count). The van der Waals surface area contributed by atoms with Crippen LogP contribution in [-0.2, 0) is 0 Å². The summed E-state index contributed by atoms with van der Waals surface area (Å²) in [5.41, 5.74) is 0.529. The summed E-state index contributed by atoms with van der Waals surface area (Å²) in [7, 11) is 0. The number of ketones is 1. The van der Waals surface area contributed by atoms with E-state index in [0.29, 0.717) is 27.8 Å². The fourth-order valence-electron chi connectivity index (χ4n) is 1.72. The average molecular weight is 237 g/mol. The van der Waals surface area contributed by atoms with Crippen LogP contribution in [0.5, 0.6) is 0 Å². The Hall–Kier alpha value is -1.41. The minimum absolute atomic E-state index is 0.00716. The summed E-state index contributed by atoms with van der Waals surface area (Å²) in [6, 6.07) is 7.61. The van der Waals surface area contributed by atoms with Gasteiger partial charge in [0.2, 0.25) is 0 Å². The average Bonchev–Trinajstić information content (AvgIpc) is 2.28. The van der Waals surface area contributed by atoms with Gasteiger partial charge in [0.15, 0.2) is 5.78 Å². The molecule has 0 aromatic heterocycles. The lowest BCUT2D eigenvalue weighted by Gasteiger charge is -2.06. The molecule has 0 atom stereocenters. The van der Waals surface area contributed by atoms with Crippen molar-refractivity contribution in [3.05, 3.63) is 46.7 Å². The van der Waals surface area contributed by atoms with Gasteiger partial charge in [0, 0.05) is 22.4 Å². The van der Waals surface area contributed by atoms with Gasteiger partial charge in [0.25, 0.3) is 0 Å². The van der Waals surface area contributed by atoms with Gasteiger partial charge in [-0.25, -0.2) is 4.39 Å². The first kappa shape index (κ1) is 11.1. The molecular weight excluding hydrogens is 227 g/mol. The quantitative estimate of drug-likeness (QED) is 0.714. The number of Topliss-reactive ketones (excluding diaryl/α,β-unsaturated/α-hetero) is 1. The molecule has 0 N–H and O–H groups in total. The second-order valence-corrected chi connectivity index (χ2v) is 3.97. The van der Waals surface area contributed by atoms with E-state index >= 15 is 0 Å². The molecule has 0 saturated carbocycles. The Kier molecular flexibility index (Phi) is 2.92. The van der Waals surface area contributed by atoms with Crippen molar-refractivity contribution < 1.29 is 9.18 Å². The number of hydrogen-bond acceptors (Lipinski definition) is 1. The van der Waals surface area contributed by atoms with E-state index < -0.39 is 0 Å². The van der Waals surface area contributed by atoms with E-state index in [4.69, 9.17) is 11.6 Å². The van der Waals surface area contributed by atoms with Crippen molar-refractivity contribution in [2.24, 2.45) is 0 Å². The number of halogens is 2. The maximum Gasteiger partial charge on any atom is 0.163 e. The molecule has 0 heterocycles. The maximum absolute atomic E-state index is 13.2. The monoisotopic (exact) mass is 236 g/mol. The Morgan fingerprint density at radius 1 is 1.25 bits per heavy atom. The summed E-state index contributed by atoms with van der Waals surface area (Å²) < 4.78 is 13.2. The van der Waals surface area contributed by atoms with Gasteiger partial charge in [-0.2, -0.15) is 0 Å². The molecule has 0 aliphatic rings. The van der Waals surface area contributed by atoms with E-state index in [0.717, 1.165) is 0 Å². The summed E-state index contributed by atoms with van der Waals surface area (Å²) in [6.45, 7) is 1.78. The van der Waals surface area contributed by atoms with Crippen LogP contribution < -0.4 is 0 Å². The van der Waals surface area contributed by atoms with E-state index in [2.05, 4.69) is 0 Å². The van der Waals surface area contributed by atoms with E-state index in [1.165, 1.54) is 12.1 Å². The Labute approximate surface area is 97.8 Å². The van der Waals surface area contributed by atoms with Crippen LogP contribution in [0.25, 0.3) is 10.8 Å². The van der Waals surface area contributed by atoms with E-state index in [-0.39, 0.29) is 11.6 Å². The molecule has 0 fully saturated rings. The summed E-state index contributed by atoms with van der Waals surface area (Å²) in [6.07, 6.45) is 0.396.